The summed E-state index contributed by atoms with van der Waals surface area (Å²) >= 11 is 3.17. The molecule has 0 spiro atoms. The average molecular weight is 292 g/mol. The fourth-order valence-electron chi connectivity index (χ4n) is 1.71. The van der Waals surface area contributed by atoms with Gasteiger partial charge < -0.3 is 4.74 Å². The van der Waals surface area contributed by atoms with Crippen molar-refractivity contribution in [2.75, 3.05) is 12.9 Å². The summed E-state index contributed by atoms with van der Waals surface area (Å²) in [5, 5.41) is 1.93. The van der Waals surface area contributed by atoms with Crippen molar-refractivity contribution in [2.24, 2.45) is 0 Å². The summed E-state index contributed by atoms with van der Waals surface area (Å²) in [7, 11) is 0. The summed E-state index contributed by atoms with van der Waals surface area (Å²) in [5.41, 5.74) is 0. The largest absolute Gasteiger partial charge is 0.492 e. The van der Waals surface area contributed by atoms with Crippen LogP contribution < -0.4 is 4.74 Å². The fraction of sp³-hybridized carbons (Fsp3) is 0.267. The van der Waals surface area contributed by atoms with Crippen molar-refractivity contribution >= 4 is 28.9 Å². The second-order valence-corrected chi connectivity index (χ2v) is 5.80. The van der Waals surface area contributed by atoms with E-state index < -0.39 is 0 Å². The maximum Gasteiger partial charge on any atom is 0.172 e. The lowest BCUT2D eigenvalue weighted by atomic mass is 10.2. The molecule has 2 rings (SSSR count). The number of ketones is 1. The molecule has 0 aliphatic rings. The number of ether oxygens (including phenoxy) is 1. The molecule has 0 N–H and O–H groups in total. The van der Waals surface area contributed by atoms with Gasteiger partial charge in [0.25, 0.3) is 0 Å². The van der Waals surface area contributed by atoms with E-state index in [1.54, 1.807) is 11.8 Å². The molecule has 0 saturated carbocycles. The number of carbonyl (C=O) groups excluding carboxylic acids is 1. The van der Waals surface area contributed by atoms with Gasteiger partial charge in [-0.1, -0.05) is 18.2 Å². The van der Waals surface area contributed by atoms with E-state index in [0.717, 1.165) is 21.9 Å². The molecule has 0 atom stereocenters. The first-order chi connectivity index (χ1) is 9.31. The standard InChI is InChI=1S/C15H16O2S2/c1-18-15-8-3-2-7-13(15)17-10-4-6-12(16)14-9-5-11-19-14/h2-3,5,7-9,11H,4,6,10H2,1H3. The molecule has 0 amide bonds. The van der Waals surface area contributed by atoms with Gasteiger partial charge in [-0.15, -0.1) is 23.1 Å². The molecule has 0 radical (unpaired) electrons. The Balaban J connectivity index is 1.76. The van der Waals surface area contributed by atoms with E-state index in [-0.39, 0.29) is 5.78 Å². The third-order valence-electron chi connectivity index (χ3n) is 2.67. The van der Waals surface area contributed by atoms with Crippen LogP contribution >= 0.6 is 23.1 Å². The van der Waals surface area contributed by atoms with Crippen molar-refractivity contribution in [3.05, 3.63) is 46.7 Å². The Hall–Kier alpha value is -1.26. The highest BCUT2D eigenvalue weighted by molar-refractivity contribution is 7.98. The van der Waals surface area contributed by atoms with E-state index >= 15 is 0 Å². The molecule has 0 unspecified atom stereocenters. The Morgan fingerprint density at radius 1 is 1.26 bits per heavy atom. The van der Waals surface area contributed by atoms with Gasteiger partial charge in [-0.2, -0.15) is 0 Å². The molecule has 2 aromatic rings. The zero-order valence-corrected chi connectivity index (χ0v) is 12.4. The zero-order valence-electron chi connectivity index (χ0n) is 10.8. The number of para-hydroxylation sites is 1. The van der Waals surface area contributed by atoms with Gasteiger partial charge in [0.2, 0.25) is 0 Å². The van der Waals surface area contributed by atoms with Crippen LogP contribution in [0.4, 0.5) is 0 Å². The number of thioether (sulfide) groups is 1. The first-order valence-corrected chi connectivity index (χ1v) is 8.24. The van der Waals surface area contributed by atoms with Gasteiger partial charge in [-0.05, 0) is 36.3 Å². The van der Waals surface area contributed by atoms with Crippen molar-refractivity contribution in [3.8, 4) is 5.75 Å². The highest BCUT2D eigenvalue weighted by atomic mass is 32.2. The van der Waals surface area contributed by atoms with Crippen LogP contribution in [0.5, 0.6) is 5.75 Å². The van der Waals surface area contributed by atoms with Crippen LogP contribution in [0.2, 0.25) is 0 Å². The van der Waals surface area contributed by atoms with Gasteiger partial charge in [0.1, 0.15) is 5.75 Å². The quantitative estimate of drug-likeness (QED) is 0.426. The van der Waals surface area contributed by atoms with Crippen LogP contribution in [0.25, 0.3) is 0 Å². The predicted molar refractivity (Wildman–Crippen MR) is 81.6 cm³/mol. The van der Waals surface area contributed by atoms with E-state index in [2.05, 4.69) is 0 Å². The number of carbonyl (C=O) groups is 1. The molecule has 1 heterocycles. The Bertz CT molecular complexity index is 521. The van der Waals surface area contributed by atoms with Gasteiger partial charge in [0.15, 0.2) is 5.78 Å². The van der Waals surface area contributed by atoms with Crippen molar-refractivity contribution in [1.82, 2.24) is 0 Å². The highest BCUT2D eigenvalue weighted by Crippen LogP contribution is 2.27. The molecule has 1 aromatic heterocycles. The van der Waals surface area contributed by atoms with Crippen molar-refractivity contribution in [3.63, 3.8) is 0 Å². The van der Waals surface area contributed by atoms with Crippen LogP contribution in [0, 0.1) is 0 Å². The smallest absolute Gasteiger partial charge is 0.172 e. The summed E-state index contributed by atoms with van der Waals surface area (Å²) in [6, 6.07) is 11.7. The molecule has 1 aromatic carbocycles. The van der Waals surface area contributed by atoms with E-state index in [4.69, 9.17) is 4.74 Å². The second kappa shape index (κ2) is 7.36. The minimum absolute atomic E-state index is 0.205. The molecule has 0 bridgehead atoms. The fourth-order valence-corrected chi connectivity index (χ4v) is 2.95. The minimum Gasteiger partial charge on any atom is -0.492 e. The Labute approximate surface area is 121 Å². The summed E-state index contributed by atoms with van der Waals surface area (Å²) in [5.74, 6) is 1.11. The van der Waals surface area contributed by atoms with Gasteiger partial charge in [-0.3, -0.25) is 4.79 Å². The van der Waals surface area contributed by atoms with Crippen molar-refractivity contribution in [1.29, 1.82) is 0 Å². The van der Waals surface area contributed by atoms with E-state index in [0.29, 0.717) is 13.0 Å². The normalized spacial score (nSPS) is 10.4. The van der Waals surface area contributed by atoms with E-state index in [1.807, 2.05) is 48.0 Å². The van der Waals surface area contributed by atoms with Crippen LogP contribution in [0.1, 0.15) is 22.5 Å². The lowest BCUT2D eigenvalue weighted by Crippen LogP contribution is -2.03. The molecule has 0 aliphatic heterocycles. The van der Waals surface area contributed by atoms with Crippen LogP contribution in [-0.4, -0.2) is 18.6 Å². The number of Topliss-reactive ketones (excluding diaryl/α,β-unsaturated/α-hetero) is 1. The van der Waals surface area contributed by atoms with Gasteiger partial charge in [-0.25, -0.2) is 0 Å². The predicted octanol–water partition coefficient (Wildman–Crippen LogP) is 4.51. The number of hydrogen-bond acceptors (Lipinski definition) is 4. The molecule has 0 fully saturated rings. The monoisotopic (exact) mass is 292 g/mol. The van der Waals surface area contributed by atoms with Gasteiger partial charge in [0, 0.05) is 11.3 Å². The maximum absolute atomic E-state index is 11.8. The Kier molecular flexibility index (Phi) is 5.48. The van der Waals surface area contributed by atoms with Crippen LogP contribution in [-0.2, 0) is 0 Å². The molecular weight excluding hydrogens is 276 g/mol. The summed E-state index contributed by atoms with van der Waals surface area (Å²) in [4.78, 5) is 13.8. The Morgan fingerprint density at radius 3 is 2.84 bits per heavy atom. The van der Waals surface area contributed by atoms with Crippen LogP contribution in [0.15, 0.2) is 46.7 Å². The average Bonchev–Trinajstić information content (AvgIpc) is 2.98. The summed E-state index contributed by atoms with van der Waals surface area (Å²) in [6.45, 7) is 0.578. The molecular formula is C15H16O2S2. The molecule has 19 heavy (non-hydrogen) atoms. The van der Waals surface area contributed by atoms with Gasteiger partial charge in [0.05, 0.1) is 11.5 Å². The van der Waals surface area contributed by atoms with Crippen LogP contribution in [0.3, 0.4) is 0 Å². The number of hydrogen-bond donors (Lipinski definition) is 0. The molecule has 100 valence electrons. The summed E-state index contributed by atoms with van der Waals surface area (Å²) in [6.07, 6.45) is 3.32. The summed E-state index contributed by atoms with van der Waals surface area (Å²) < 4.78 is 5.73. The zero-order chi connectivity index (χ0) is 13.5. The van der Waals surface area contributed by atoms with Crippen molar-refractivity contribution in [2.45, 2.75) is 17.7 Å². The lowest BCUT2D eigenvalue weighted by Gasteiger charge is -2.09. The van der Waals surface area contributed by atoms with Gasteiger partial charge >= 0.3 is 0 Å². The maximum atomic E-state index is 11.8. The highest BCUT2D eigenvalue weighted by Gasteiger charge is 2.07. The second-order valence-electron chi connectivity index (χ2n) is 4.00. The number of benzene rings is 1. The van der Waals surface area contributed by atoms with E-state index in [1.165, 1.54) is 11.3 Å². The van der Waals surface area contributed by atoms with Crippen molar-refractivity contribution < 1.29 is 9.53 Å². The third kappa shape index (κ3) is 4.11. The number of thiophene rings is 1. The SMILES string of the molecule is CSc1ccccc1OCCCC(=O)c1cccs1. The minimum atomic E-state index is 0.205. The third-order valence-corrected chi connectivity index (χ3v) is 4.36. The Morgan fingerprint density at radius 2 is 2.11 bits per heavy atom. The molecule has 0 aliphatic carbocycles. The first-order valence-electron chi connectivity index (χ1n) is 6.14. The molecule has 2 nitrogen and oxygen atoms in total. The molecule has 0 saturated heterocycles. The lowest BCUT2D eigenvalue weighted by molar-refractivity contribution is 0.0977. The topological polar surface area (TPSA) is 26.3 Å². The number of rotatable bonds is 7. The molecule has 4 heteroatoms. The van der Waals surface area contributed by atoms with E-state index in [9.17, 15) is 4.79 Å². The first kappa shape index (κ1) is 14.2.